The highest BCUT2D eigenvalue weighted by molar-refractivity contribution is 7.99. The lowest BCUT2D eigenvalue weighted by molar-refractivity contribution is 1.25. The van der Waals surface area contributed by atoms with Gasteiger partial charge in [-0.25, -0.2) is 0 Å². The second-order valence-corrected chi connectivity index (χ2v) is 5.50. The molecule has 2 aromatic rings. The van der Waals surface area contributed by atoms with Gasteiger partial charge in [-0.1, -0.05) is 29.5 Å². The molecular formula is C15H17NS. The van der Waals surface area contributed by atoms with E-state index in [2.05, 4.69) is 44.2 Å². The van der Waals surface area contributed by atoms with E-state index in [1.54, 1.807) is 11.8 Å². The number of benzene rings is 2. The Morgan fingerprint density at radius 2 is 1.65 bits per heavy atom. The van der Waals surface area contributed by atoms with Gasteiger partial charge in [-0.05, 0) is 56.2 Å². The van der Waals surface area contributed by atoms with Crippen LogP contribution < -0.4 is 5.73 Å². The van der Waals surface area contributed by atoms with Crippen molar-refractivity contribution in [2.45, 2.75) is 30.6 Å². The van der Waals surface area contributed by atoms with Crippen molar-refractivity contribution in [3.8, 4) is 0 Å². The zero-order chi connectivity index (χ0) is 12.4. The average molecular weight is 243 g/mol. The van der Waals surface area contributed by atoms with Crippen LogP contribution in [-0.4, -0.2) is 0 Å². The van der Waals surface area contributed by atoms with Crippen molar-refractivity contribution in [2.75, 3.05) is 5.73 Å². The predicted octanol–water partition coefficient (Wildman–Crippen LogP) is 4.35. The van der Waals surface area contributed by atoms with E-state index in [4.69, 9.17) is 5.73 Å². The standard InChI is InChI=1S/C15H17NS/c1-10-4-7-15(12(3)8-10)17-13-5-6-14(16)11(2)9-13/h4-9H,16H2,1-3H3. The summed E-state index contributed by atoms with van der Waals surface area (Å²) in [4.78, 5) is 2.54. The highest BCUT2D eigenvalue weighted by Crippen LogP contribution is 2.32. The molecule has 0 saturated carbocycles. The van der Waals surface area contributed by atoms with E-state index in [0.717, 1.165) is 11.3 Å². The van der Waals surface area contributed by atoms with E-state index < -0.39 is 0 Å². The predicted molar refractivity (Wildman–Crippen MR) is 75.6 cm³/mol. The number of nitrogens with two attached hydrogens (primary N) is 1. The van der Waals surface area contributed by atoms with Gasteiger partial charge in [-0.2, -0.15) is 0 Å². The maximum atomic E-state index is 5.82. The molecule has 2 heteroatoms. The number of aryl methyl sites for hydroxylation is 3. The topological polar surface area (TPSA) is 26.0 Å². The first-order chi connectivity index (χ1) is 8.06. The van der Waals surface area contributed by atoms with Crippen LogP contribution in [0.2, 0.25) is 0 Å². The van der Waals surface area contributed by atoms with Crippen molar-refractivity contribution >= 4 is 17.4 Å². The van der Waals surface area contributed by atoms with Gasteiger partial charge in [-0.15, -0.1) is 0 Å². The Labute approximate surface area is 107 Å². The third-order valence-electron chi connectivity index (χ3n) is 2.80. The third-order valence-corrected chi connectivity index (χ3v) is 3.97. The van der Waals surface area contributed by atoms with Gasteiger partial charge < -0.3 is 5.73 Å². The fourth-order valence-corrected chi connectivity index (χ4v) is 2.73. The molecule has 0 radical (unpaired) electrons. The Hall–Kier alpha value is -1.41. The van der Waals surface area contributed by atoms with Crippen LogP contribution >= 0.6 is 11.8 Å². The van der Waals surface area contributed by atoms with Crippen molar-refractivity contribution in [1.82, 2.24) is 0 Å². The number of rotatable bonds is 2. The van der Waals surface area contributed by atoms with Crippen LogP contribution in [0.4, 0.5) is 5.69 Å². The van der Waals surface area contributed by atoms with Crippen molar-refractivity contribution in [3.05, 3.63) is 53.1 Å². The van der Waals surface area contributed by atoms with Gasteiger partial charge in [0.1, 0.15) is 0 Å². The molecule has 2 N–H and O–H groups in total. The minimum absolute atomic E-state index is 0.856. The van der Waals surface area contributed by atoms with Gasteiger partial charge in [0, 0.05) is 15.5 Å². The van der Waals surface area contributed by atoms with Crippen molar-refractivity contribution in [2.24, 2.45) is 0 Å². The average Bonchev–Trinajstić information content (AvgIpc) is 2.27. The molecule has 0 unspecified atom stereocenters. The Morgan fingerprint density at radius 1 is 0.882 bits per heavy atom. The Balaban J connectivity index is 2.28. The molecule has 88 valence electrons. The fraction of sp³-hybridized carbons (Fsp3) is 0.200. The lowest BCUT2D eigenvalue weighted by atomic mass is 10.2. The monoisotopic (exact) mass is 243 g/mol. The molecule has 0 aliphatic carbocycles. The first-order valence-electron chi connectivity index (χ1n) is 5.67. The van der Waals surface area contributed by atoms with E-state index in [1.807, 2.05) is 13.0 Å². The molecule has 2 rings (SSSR count). The van der Waals surface area contributed by atoms with Crippen LogP contribution in [-0.2, 0) is 0 Å². The second-order valence-electron chi connectivity index (χ2n) is 4.39. The first kappa shape index (κ1) is 12.1. The summed E-state index contributed by atoms with van der Waals surface area (Å²) in [7, 11) is 0. The lowest BCUT2D eigenvalue weighted by Gasteiger charge is -2.08. The number of nitrogen functional groups attached to an aromatic ring is 1. The summed E-state index contributed by atoms with van der Waals surface area (Å²) >= 11 is 1.79. The zero-order valence-corrected chi connectivity index (χ0v) is 11.3. The molecule has 0 atom stereocenters. The van der Waals surface area contributed by atoms with Crippen LogP contribution in [0.25, 0.3) is 0 Å². The molecule has 0 bridgehead atoms. The van der Waals surface area contributed by atoms with Crippen LogP contribution in [0.1, 0.15) is 16.7 Å². The van der Waals surface area contributed by atoms with E-state index in [1.165, 1.54) is 20.9 Å². The molecule has 0 aliphatic heterocycles. The molecule has 0 fully saturated rings. The van der Waals surface area contributed by atoms with Gasteiger partial charge in [0.25, 0.3) is 0 Å². The van der Waals surface area contributed by atoms with E-state index >= 15 is 0 Å². The van der Waals surface area contributed by atoms with Crippen molar-refractivity contribution in [1.29, 1.82) is 0 Å². The molecule has 17 heavy (non-hydrogen) atoms. The van der Waals surface area contributed by atoms with Gasteiger partial charge in [0.15, 0.2) is 0 Å². The first-order valence-corrected chi connectivity index (χ1v) is 6.49. The quantitative estimate of drug-likeness (QED) is 0.794. The highest BCUT2D eigenvalue weighted by Gasteiger charge is 2.02. The fourth-order valence-electron chi connectivity index (χ4n) is 1.75. The molecule has 0 heterocycles. The SMILES string of the molecule is Cc1ccc(Sc2ccc(N)c(C)c2)c(C)c1. The second kappa shape index (κ2) is 4.84. The highest BCUT2D eigenvalue weighted by atomic mass is 32.2. The minimum Gasteiger partial charge on any atom is -0.399 e. The van der Waals surface area contributed by atoms with Gasteiger partial charge >= 0.3 is 0 Å². The van der Waals surface area contributed by atoms with E-state index in [0.29, 0.717) is 0 Å². The number of hydrogen-bond donors (Lipinski definition) is 1. The van der Waals surface area contributed by atoms with Crippen LogP contribution in [0.15, 0.2) is 46.2 Å². The largest absolute Gasteiger partial charge is 0.399 e. The van der Waals surface area contributed by atoms with E-state index in [9.17, 15) is 0 Å². The maximum Gasteiger partial charge on any atom is 0.0344 e. The molecule has 0 aliphatic rings. The smallest absolute Gasteiger partial charge is 0.0344 e. The minimum atomic E-state index is 0.856. The summed E-state index contributed by atoms with van der Waals surface area (Å²) in [5.41, 5.74) is 10.4. The number of hydrogen-bond acceptors (Lipinski definition) is 2. The molecule has 2 aromatic carbocycles. The van der Waals surface area contributed by atoms with Crippen LogP contribution in [0, 0.1) is 20.8 Å². The molecule has 0 amide bonds. The molecule has 1 nitrogen and oxygen atoms in total. The summed E-state index contributed by atoms with van der Waals surface area (Å²) in [5, 5.41) is 0. The third kappa shape index (κ3) is 2.83. The number of anilines is 1. The van der Waals surface area contributed by atoms with Gasteiger partial charge in [0.2, 0.25) is 0 Å². The Bertz CT molecular complexity index is 547. The van der Waals surface area contributed by atoms with Crippen LogP contribution in [0.5, 0.6) is 0 Å². The zero-order valence-electron chi connectivity index (χ0n) is 10.4. The lowest BCUT2D eigenvalue weighted by Crippen LogP contribution is -1.89. The molecule has 0 aromatic heterocycles. The van der Waals surface area contributed by atoms with Crippen molar-refractivity contribution in [3.63, 3.8) is 0 Å². The van der Waals surface area contributed by atoms with Gasteiger partial charge in [0.05, 0.1) is 0 Å². The molecular weight excluding hydrogens is 226 g/mol. The van der Waals surface area contributed by atoms with Crippen molar-refractivity contribution < 1.29 is 0 Å². The summed E-state index contributed by atoms with van der Waals surface area (Å²) in [6.45, 7) is 6.32. The van der Waals surface area contributed by atoms with E-state index in [-0.39, 0.29) is 0 Å². The summed E-state index contributed by atoms with van der Waals surface area (Å²) in [6.07, 6.45) is 0. The Morgan fingerprint density at radius 3 is 2.29 bits per heavy atom. The molecule has 0 saturated heterocycles. The van der Waals surface area contributed by atoms with Gasteiger partial charge in [-0.3, -0.25) is 0 Å². The molecule has 0 spiro atoms. The summed E-state index contributed by atoms with van der Waals surface area (Å²) < 4.78 is 0. The summed E-state index contributed by atoms with van der Waals surface area (Å²) in [6, 6.07) is 12.7. The van der Waals surface area contributed by atoms with Crippen LogP contribution in [0.3, 0.4) is 0 Å². The summed E-state index contributed by atoms with van der Waals surface area (Å²) in [5.74, 6) is 0. The maximum absolute atomic E-state index is 5.82. The Kier molecular flexibility index (Phi) is 3.43. The normalized spacial score (nSPS) is 10.5.